The van der Waals surface area contributed by atoms with Crippen molar-refractivity contribution < 1.29 is 19.3 Å². The van der Waals surface area contributed by atoms with Crippen LogP contribution in [0.5, 0.6) is 0 Å². The summed E-state index contributed by atoms with van der Waals surface area (Å²) in [5, 5.41) is 16.2. The Morgan fingerprint density at radius 3 is 2.37 bits per heavy atom. The Balaban J connectivity index is 1.48. The summed E-state index contributed by atoms with van der Waals surface area (Å²) in [6.07, 6.45) is 0.348. The Hall–Kier alpha value is -3.95. The fraction of sp³-hybridized carbons (Fsp3) is 0.250. The Bertz CT molecular complexity index is 1000. The minimum atomic E-state index is -0.614. The van der Waals surface area contributed by atoms with Gasteiger partial charge in [-0.2, -0.15) is 0 Å². The van der Waals surface area contributed by atoms with E-state index in [1.165, 1.54) is 12.1 Å². The molecule has 0 atom stereocenters. The topological polar surface area (TPSA) is 125 Å². The maximum absolute atomic E-state index is 12.4. The van der Waals surface area contributed by atoms with Gasteiger partial charge in [-0.15, -0.1) is 0 Å². The third-order valence-electron chi connectivity index (χ3n) is 4.65. The summed E-state index contributed by atoms with van der Waals surface area (Å²) in [6.45, 7) is 0.340. The van der Waals surface area contributed by atoms with Gasteiger partial charge in [-0.25, -0.2) is 4.79 Å². The number of anilines is 2. The van der Waals surface area contributed by atoms with Crippen molar-refractivity contribution in [3.63, 3.8) is 0 Å². The van der Waals surface area contributed by atoms with Crippen LogP contribution in [0.1, 0.15) is 27.1 Å². The van der Waals surface area contributed by atoms with Gasteiger partial charge in [-0.05, 0) is 36.8 Å². The predicted octanol–water partition coefficient (Wildman–Crippen LogP) is 2.47. The molecule has 2 aromatic carbocycles. The Morgan fingerprint density at radius 2 is 1.73 bits per heavy atom. The second-order valence-electron chi connectivity index (χ2n) is 6.92. The molecule has 0 unspecified atom stereocenters. The number of carbonyl (C=O) groups is 3. The van der Waals surface area contributed by atoms with Crippen LogP contribution in [0.25, 0.3) is 0 Å². The van der Waals surface area contributed by atoms with E-state index in [0.717, 1.165) is 16.7 Å². The normalized spacial score (nSPS) is 12.5. The molecule has 156 valence electrons. The van der Waals surface area contributed by atoms with Crippen LogP contribution >= 0.6 is 0 Å². The van der Waals surface area contributed by atoms with Crippen molar-refractivity contribution >= 4 is 34.9 Å². The van der Waals surface area contributed by atoms with Crippen LogP contribution in [0.2, 0.25) is 0 Å². The van der Waals surface area contributed by atoms with Gasteiger partial charge in [0.05, 0.1) is 16.1 Å². The van der Waals surface area contributed by atoms with E-state index >= 15 is 0 Å². The number of nitrogens with zero attached hydrogens (tertiary/aromatic N) is 3. The van der Waals surface area contributed by atoms with E-state index in [2.05, 4.69) is 10.6 Å². The molecule has 0 bridgehead atoms. The standard InChI is InChI=1S/C20H21N5O5/c1-23(2)14-6-4-13(5-7-14)22-20(28)21-10-3-11-24-18(26)16-9-8-15(25(29)30)12-17(16)19(24)27/h4-9,12H,3,10-11H2,1-2H3,(H2,21,22,28). The van der Waals surface area contributed by atoms with Crippen LogP contribution in [0.4, 0.5) is 21.9 Å². The van der Waals surface area contributed by atoms with Crippen molar-refractivity contribution in [1.29, 1.82) is 0 Å². The Kier molecular flexibility index (Phi) is 5.95. The zero-order valence-electron chi connectivity index (χ0n) is 16.5. The number of nitro benzene ring substituents is 1. The van der Waals surface area contributed by atoms with Crippen LogP contribution in [0.3, 0.4) is 0 Å². The molecule has 3 rings (SSSR count). The first-order chi connectivity index (χ1) is 14.3. The first-order valence-corrected chi connectivity index (χ1v) is 9.25. The maximum Gasteiger partial charge on any atom is 0.319 e. The van der Waals surface area contributed by atoms with Crippen LogP contribution in [-0.4, -0.2) is 54.9 Å². The third kappa shape index (κ3) is 4.37. The van der Waals surface area contributed by atoms with Crippen molar-refractivity contribution in [3.8, 4) is 0 Å². The van der Waals surface area contributed by atoms with E-state index in [9.17, 15) is 24.5 Å². The molecule has 0 saturated heterocycles. The lowest BCUT2D eigenvalue weighted by atomic mass is 10.1. The van der Waals surface area contributed by atoms with Crippen LogP contribution in [0.15, 0.2) is 42.5 Å². The summed E-state index contributed by atoms with van der Waals surface area (Å²) in [4.78, 5) is 50.0. The van der Waals surface area contributed by atoms with Gasteiger partial charge >= 0.3 is 6.03 Å². The Labute approximate surface area is 172 Å². The van der Waals surface area contributed by atoms with Crippen molar-refractivity contribution in [2.75, 3.05) is 37.4 Å². The van der Waals surface area contributed by atoms with Gasteiger partial charge in [0, 0.05) is 50.7 Å². The molecule has 0 spiro atoms. The second-order valence-corrected chi connectivity index (χ2v) is 6.92. The van der Waals surface area contributed by atoms with Crippen LogP contribution in [-0.2, 0) is 0 Å². The van der Waals surface area contributed by atoms with Crippen molar-refractivity contribution in [1.82, 2.24) is 10.2 Å². The van der Waals surface area contributed by atoms with Gasteiger partial charge in [0.2, 0.25) is 0 Å². The average Bonchev–Trinajstić information content (AvgIpc) is 2.95. The molecule has 0 saturated carbocycles. The molecule has 0 fully saturated rings. The number of rotatable bonds is 7. The molecule has 0 radical (unpaired) electrons. The molecule has 1 aliphatic rings. The summed E-state index contributed by atoms with van der Waals surface area (Å²) < 4.78 is 0. The molecular weight excluding hydrogens is 390 g/mol. The number of hydrogen-bond acceptors (Lipinski definition) is 6. The SMILES string of the molecule is CN(C)c1ccc(NC(=O)NCCCN2C(=O)c3ccc([N+](=O)[O-])cc3C2=O)cc1. The van der Waals surface area contributed by atoms with E-state index in [4.69, 9.17) is 0 Å². The van der Waals surface area contributed by atoms with E-state index in [0.29, 0.717) is 12.1 Å². The van der Waals surface area contributed by atoms with Gasteiger partial charge in [0.25, 0.3) is 17.5 Å². The number of nitrogens with one attached hydrogen (secondary N) is 2. The molecule has 1 aliphatic heterocycles. The van der Waals surface area contributed by atoms with Gasteiger partial charge < -0.3 is 15.5 Å². The highest BCUT2D eigenvalue weighted by atomic mass is 16.6. The number of fused-ring (bicyclic) bond motifs is 1. The predicted molar refractivity (Wildman–Crippen MR) is 111 cm³/mol. The molecule has 0 aliphatic carbocycles. The number of imide groups is 1. The third-order valence-corrected chi connectivity index (χ3v) is 4.65. The lowest BCUT2D eigenvalue weighted by Crippen LogP contribution is -2.35. The second kappa shape index (κ2) is 8.60. The zero-order chi connectivity index (χ0) is 21.8. The van der Waals surface area contributed by atoms with Crippen LogP contribution in [0, 0.1) is 10.1 Å². The van der Waals surface area contributed by atoms with Gasteiger partial charge in [0.1, 0.15) is 0 Å². The van der Waals surface area contributed by atoms with Crippen LogP contribution < -0.4 is 15.5 Å². The molecule has 0 aromatic heterocycles. The molecule has 30 heavy (non-hydrogen) atoms. The molecule has 4 amide bonds. The smallest absolute Gasteiger partial charge is 0.319 e. The van der Waals surface area contributed by atoms with Crippen molar-refractivity contribution in [3.05, 3.63) is 63.7 Å². The number of nitro groups is 1. The first-order valence-electron chi connectivity index (χ1n) is 9.25. The molecule has 2 aromatic rings. The van der Waals surface area contributed by atoms with Gasteiger partial charge in [-0.1, -0.05) is 0 Å². The summed E-state index contributed by atoms with van der Waals surface area (Å²) in [5.74, 6) is -1.06. The quantitative estimate of drug-likeness (QED) is 0.312. The summed E-state index contributed by atoms with van der Waals surface area (Å²) in [6, 6.07) is 10.5. The fourth-order valence-electron chi connectivity index (χ4n) is 3.05. The monoisotopic (exact) mass is 411 g/mol. The van der Waals surface area contributed by atoms with Crippen molar-refractivity contribution in [2.45, 2.75) is 6.42 Å². The Morgan fingerprint density at radius 1 is 1.07 bits per heavy atom. The summed E-state index contributed by atoms with van der Waals surface area (Å²) in [7, 11) is 3.84. The largest absolute Gasteiger partial charge is 0.378 e. The lowest BCUT2D eigenvalue weighted by Gasteiger charge is -2.15. The van der Waals surface area contributed by atoms with E-state index in [1.54, 1.807) is 12.1 Å². The van der Waals surface area contributed by atoms with E-state index in [-0.39, 0.29) is 29.9 Å². The molecule has 2 N–H and O–H groups in total. The lowest BCUT2D eigenvalue weighted by molar-refractivity contribution is -0.384. The highest BCUT2D eigenvalue weighted by Crippen LogP contribution is 2.26. The summed E-state index contributed by atoms with van der Waals surface area (Å²) in [5.41, 5.74) is 1.58. The number of amides is 4. The van der Waals surface area contributed by atoms with Crippen molar-refractivity contribution in [2.24, 2.45) is 0 Å². The van der Waals surface area contributed by atoms with Gasteiger partial charge in [0.15, 0.2) is 0 Å². The average molecular weight is 411 g/mol. The van der Waals surface area contributed by atoms with E-state index in [1.807, 2.05) is 31.1 Å². The van der Waals surface area contributed by atoms with E-state index < -0.39 is 22.8 Å². The maximum atomic E-state index is 12.4. The molecular formula is C20H21N5O5. The highest BCUT2D eigenvalue weighted by molar-refractivity contribution is 6.21. The number of carbonyl (C=O) groups excluding carboxylic acids is 3. The van der Waals surface area contributed by atoms with Gasteiger partial charge in [-0.3, -0.25) is 24.6 Å². The first kappa shape index (κ1) is 20.8. The molecule has 10 heteroatoms. The molecule has 10 nitrogen and oxygen atoms in total. The highest BCUT2D eigenvalue weighted by Gasteiger charge is 2.36. The number of non-ortho nitro benzene ring substituents is 1. The number of urea groups is 1. The summed E-state index contributed by atoms with van der Waals surface area (Å²) >= 11 is 0. The molecule has 1 heterocycles. The minimum absolute atomic E-state index is 0.0288. The number of hydrogen-bond donors (Lipinski definition) is 2. The fourth-order valence-corrected chi connectivity index (χ4v) is 3.05. The minimum Gasteiger partial charge on any atom is -0.378 e. The zero-order valence-corrected chi connectivity index (χ0v) is 16.5. The number of benzene rings is 2.